The number of nitrogens with one attached hydrogen (secondary N) is 1. The first-order valence-corrected chi connectivity index (χ1v) is 17.5. The van der Waals surface area contributed by atoms with Crippen LogP contribution in [-0.2, 0) is 22.3 Å². The van der Waals surface area contributed by atoms with Crippen LogP contribution in [0.3, 0.4) is 0 Å². The predicted octanol–water partition coefficient (Wildman–Crippen LogP) is 5.63. The highest BCUT2D eigenvalue weighted by molar-refractivity contribution is 7.91. The van der Waals surface area contributed by atoms with Gasteiger partial charge < -0.3 is 10.2 Å². The van der Waals surface area contributed by atoms with E-state index in [0.717, 1.165) is 57.3 Å². The van der Waals surface area contributed by atoms with Gasteiger partial charge in [-0.05, 0) is 68.7 Å². The summed E-state index contributed by atoms with van der Waals surface area (Å²) in [5.41, 5.74) is 1.76. The van der Waals surface area contributed by atoms with Gasteiger partial charge in [-0.25, -0.2) is 27.2 Å². The van der Waals surface area contributed by atoms with Crippen molar-refractivity contribution in [3.63, 3.8) is 0 Å². The van der Waals surface area contributed by atoms with Crippen LogP contribution in [-0.4, -0.2) is 59.0 Å². The summed E-state index contributed by atoms with van der Waals surface area (Å²) < 4.78 is 56.8. The number of aromatic nitrogens is 3. The molecule has 0 radical (unpaired) electrons. The van der Waals surface area contributed by atoms with Gasteiger partial charge in [0.1, 0.15) is 27.6 Å². The molecular weight excluding hydrogens is 572 g/mol. The summed E-state index contributed by atoms with van der Waals surface area (Å²) in [5.74, 6) is -2.41. The summed E-state index contributed by atoms with van der Waals surface area (Å²) in [5, 5.41) is 4.09. The lowest BCUT2D eigenvalue weighted by Gasteiger charge is -2.41. The van der Waals surface area contributed by atoms with Gasteiger partial charge in [0, 0.05) is 43.2 Å². The van der Waals surface area contributed by atoms with Gasteiger partial charge in [0.25, 0.3) is 11.5 Å². The Labute approximate surface area is 251 Å². The van der Waals surface area contributed by atoms with Crippen molar-refractivity contribution in [2.75, 3.05) is 36.5 Å². The molecule has 4 aliphatic heterocycles. The molecule has 0 aliphatic carbocycles. The van der Waals surface area contributed by atoms with Crippen LogP contribution in [0.1, 0.15) is 86.9 Å². The molecule has 0 unspecified atom stereocenters. The highest BCUT2D eigenvalue weighted by atomic mass is 32.2. The number of halogens is 2. The fourth-order valence-corrected chi connectivity index (χ4v) is 8.44. The van der Waals surface area contributed by atoms with Crippen molar-refractivity contribution in [3.8, 4) is 0 Å². The summed E-state index contributed by atoms with van der Waals surface area (Å²) in [6.45, 7) is 4.81. The van der Waals surface area contributed by atoms with E-state index < -0.39 is 15.8 Å². The molecule has 0 spiro atoms. The van der Waals surface area contributed by atoms with Gasteiger partial charge in [0.2, 0.25) is 0 Å². The van der Waals surface area contributed by atoms with Crippen LogP contribution in [0.4, 0.5) is 14.6 Å². The average Bonchev–Trinajstić information content (AvgIpc) is 2.96. The molecule has 1 atom stereocenters. The van der Waals surface area contributed by atoms with Gasteiger partial charge in [-0.1, -0.05) is 37.5 Å². The quantitative estimate of drug-likeness (QED) is 0.380. The fourth-order valence-electron chi connectivity index (χ4n) is 6.95. The Hall–Kier alpha value is -2.92. The highest BCUT2D eigenvalue weighted by Crippen LogP contribution is 2.39. The molecule has 2 aromatic heterocycles. The monoisotopic (exact) mass is 613 g/mol. The maximum Gasteiger partial charge on any atom is 0.273 e. The van der Waals surface area contributed by atoms with Crippen LogP contribution in [0.25, 0.3) is 11.0 Å². The molecule has 7 rings (SSSR count). The molecule has 2 saturated heterocycles. The van der Waals surface area contributed by atoms with Gasteiger partial charge in [-0.3, -0.25) is 9.36 Å². The lowest BCUT2D eigenvalue weighted by atomic mass is 9.89. The molecule has 4 aliphatic rings. The molecule has 6 heterocycles. The smallest absolute Gasteiger partial charge is 0.273 e. The number of hydrogen-bond acceptors (Lipinski definition) is 7. The molecule has 8 nitrogen and oxygen atoms in total. The Balaban J connectivity index is 1.37. The van der Waals surface area contributed by atoms with Crippen molar-refractivity contribution in [2.24, 2.45) is 5.92 Å². The van der Waals surface area contributed by atoms with E-state index in [1.165, 1.54) is 12.4 Å². The molecule has 1 aromatic carbocycles. The van der Waals surface area contributed by atoms with Crippen molar-refractivity contribution in [1.82, 2.24) is 19.4 Å². The van der Waals surface area contributed by atoms with E-state index >= 15 is 8.78 Å². The van der Waals surface area contributed by atoms with Crippen LogP contribution in [0.2, 0.25) is 0 Å². The highest BCUT2D eigenvalue weighted by Gasteiger charge is 2.39. The van der Waals surface area contributed by atoms with Gasteiger partial charge in [0.05, 0.1) is 16.9 Å². The van der Waals surface area contributed by atoms with Crippen LogP contribution < -0.4 is 10.9 Å². The average molecular weight is 614 g/mol. The third-order valence-electron chi connectivity index (χ3n) is 9.50. The zero-order valence-electron chi connectivity index (χ0n) is 24.8. The van der Waals surface area contributed by atoms with E-state index in [2.05, 4.69) is 20.2 Å². The fraction of sp³-hybridized carbons (Fsp3) is 0.594. The first-order chi connectivity index (χ1) is 20.6. The standard InChI is InChI=1S/C32H41F2N5O3S/c1-22-25-8-7-9-26(16-25)32(33,34)18-23-19-38(20-23)12-5-3-2-4-6-13-39-30-28(29(37-22)35-21-36-30)17-27(31(39)40)24-10-14-43(41,42)15-11-24/h7-9,16-17,21-24H,2-6,10-15,18-20H2,1H3,(H,35,36,37)/t22-/m0/s1. The molecule has 11 heteroatoms. The summed E-state index contributed by atoms with van der Waals surface area (Å²) in [4.78, 5) is 25.2. The van der Waals surface area contributed by atoms with Gasteiger partial charge in [0.15, 0.2) is 0 Å². The normalized spacial score (nSPS) is 26.6. The predicted molar refractivity (Wildman–Crippen MR) is 164 cm³/mol. The zero-order chi connectivity index (χ0) is 30.2. The Kier molecular flexibility index (Phi) is 8.56. The maximum absolute atomic E-state index is 15.4. The van der Waals surface area contributed by atoms with E-state index in [4.69, 9.17) is 0 Å². The number of nitrogens with zero attached hydrogens (tertiary/aromatic N) is 4. The molecule has 0 saturated carbocycles. The molecule has 8 bridgehead atoms. The number of benzene rings is 1. The molecular formula is C32H41F2N5O3S. The number of fused-ring (bicyclic) bond motifs is 8. The molecule has 0 amide bonds. The second-order valence-corrected chi connectivity index (χ2v) is 15.0. The Bertz CT molecular complexity index is 1620. The first kappa shape index (κ1) is 30.1. The van der Waals surface area contributed by atoms with Crippen LogP contribution in [0.15, 0.2) is 41.5 Å². The molecule has 3 aromatic rings. The van der Waals surface area contributed by atoms with Crippen LogP contribution in [0, 0.1) is 5.92 Å². The summed E-state index contributed by atoms with van der Waals surface area (Å²) in [6, 6.07) is 8.11. The second-order valence-electron chi connectivity index (χ2n) is 12.7. The third-order valence-corrected chi connectivity index (χ3v) is 11.2. The Morgan fingerprint density at radius 1 is 0.977 bits per heavy atom. The minimum Gasteiger partial charge on any atom is -0.363 e. The molecule has 1 N–H and O–H groups in total. The van der Waals surface area contributed by atoms with Gasteiger partial charge >= 0.3 is 0 Å². The molecule has 2 fully saturated rings. The van der Waals surface area contributed by atoms with Crippen molar-refractivity contribution >= 4 is 26.7 Å². The summed E-state index contributed by atoms with van der Waals surface area (Å²) in [7, 11) is -3.09. The summed E-state index contributed by atoms with van der Waals surface area (Å²) in [6.07, 6.45) is 7.04. The molecule has 232 valence electrons. The van der Waals surface area contributed by atoms with Gasteiger partial charge in [-0.15, -0.1) is 0 Å². The topological polar surface area (TPSA) is 97.2 Å². The number of alkyl halides is 2. The molecule has 43 heavy (non-hydrogen) atoms. The lowest BCUT2D eigenvalue weighted by molar-refractivity contribution is -0.0568. The van der Waals surface area contributed by atoms with E-state index in [-0.39, 0.29) is 46.9 Å². The van der Waals surface area contributed by atoms with E-state index in [9.17, 15) is 13.2 Å². The second kappa shape index (κ2) is 12.2. The number of aryl methyl sites for hydroxylation is 1. The lowest BCUT2D eigenvalue weighted by Crippen LogP contribution is -2.48. The number of rotatable bonds is 1. The number of anilines is 1. The minimum absolute atomic E-state index is 0.000643. The Morgan fingerprint density at radius 2 is 1.70 bits per heavy atom. The SMILES string of the molecule is C[C@@H]1Nc2ncnc3c2cc(C2CCS(=O)(=O)CC2)c(=O)n3CCCCCCCN2CC(C2)CC(F)(F)c2cccc1c2. The van der Waals surface area contributed by atoms with Crippen molar-refractivity contribution in [3.05, 3.63) is 63.7 Å². The zero-order valence-corrected chi connectivity index (χ0v) is 25.6. The number of sulfone groups is 1. The number of pyridine rings is 1. The number of hydrogen-bond donors (Lipinski definition) is 1. The largest absolute Gasteiger partial charge is 0.363 e. The van der Waals surface area contributed by atoms with Gasteiger partial charge in [-0.2, -0.15) is 0 Å². The minimum atomic E-state index is -3.09. The maximum atomic E-state index is 15.4. The first-order valence-electron chi connectivity index (χ1n) is 15.7. The van der Waals surface area contributed by atoms with Crippen molar-refractivity contribution < 1.29 is 17.2 Å². The van der Waals surface area contributed by atoms with Crippen molar-refractivity contribution in [2.45, 2.75) is 82.7 Å². The summed E-state index contributed by atoms with van der Waals surface area (Å²) >= 11 is 0. The van der Waals surface area contributed by atoms with E-state index in [1.54, 1.807) is 16.7 Å². The van der Waals surface area contributed by atoms with Crippen molar-refractivity contribution in [1.29, 1.82) is 0 Å². The Morgan fingerprint density at radius 3 is 2.47 bits per heavy atom. The van der Waals surface area contributed by atoms with E-state index in [1.807, 2.05) is 19.1 Å². The third kappa shape index (κ3) is 6.62. The van der Waals surface area contributed by atoms with Crippen LogP contribution in [0.5, 0.6) is 0 Å². The van der Waals surface area contributed by atoms with Crippen LogP contribution >= 0.6 is 0 Å². The van der Waals surface area contributed by atoms with E-state index in [0.29, 0.717) is 41.8 Å².